The molecule has 0 aliphatic carbocycles. The van der Waals surface area contributed by atoms with Gasteiger partial charge in [0.05, 0.1) is 6.54 Å². The third-order valence-electron chi connectivity index (χ3n) is 3.79. The number of hydrogen-bond acceptors (Lipinski definition) is 3. The molecule has 0 fully saturated rings. The summed E-state index contributed by atoms with van der Waals surface area (Å²) in [5.41, 5.74) is 7.44. The Hall–Kier alpha value is -2.50. The molecule has 0 aliphatic rings. The Labute approximate surface area is 190 Å². The van der Waals surface area contributed by atoms with E-state index in [0.717, 1.165) is 11.1 Å². The van der Waals surface area contributed by atoms with E-state index in [1.807, 2.05) is 6.92 Å². The molecule has 2 aromatic carbocycles. The number of aliphatic imine (C=N–C) groups is 1. The molecule has 0 radical (unpaired) electrons. The Morgan fingerprint density at radius 3 is 2.17 bits per heavy atom. The number of halogens is 4. The average molecular weight is 536 g/mol. The number of guanidine groups is 1. The highest BCUT2D eigenvalue weighted by Gasteiger charge is 2.28. The highest BCUT2D eigenvalue weighted by Crippen LogP contribution is 2.19. The van der Waals surface area contributed by atoms with Crippen molar-refractivity contribution in [2.75, 3.05) is 13.2 Å². The van der Waals surface area contributed by atoms with Crippen molar-refractivity contribution in [3.63, 3.8) is 0 Å². The SMILES string of the molecule is CCNC(=NCc1ccc(OCC(F)(F)F)cc1)NCc1ccc(C(N)=O)cc1.I. The van der Waals surface area contributed by atoms with Crippen LogP contribution in [0.1, 0.15) is 28.4 Å². The lowest BCUT2D eigenvalue weighted by molar-refractivity contribution is -0.153. The second-order valence-corrected chi connectivity index (χ2v) is 6.16. The van der Waals surface area contributed by atoms with Gasteiger partial charge in [0, 0.05) is 18.7 Å². The minimum Gasteiger partial charge on any atom is -0.484 e. The fourth-order valence-corrected chi connectivity index (χ4v) is 2.34. The molecular weight excluding hydrogens is 512 g/mol. The minimum absolute atomic E-state index is 0. The van der Waals surface area contributed by atoms with Crippen LogP contribution in [0.15, 0.2) is 53.5 Å². The van der Waals surface area contributed by atoms with Crippen LogP contribution in [-0.2, 0) is 13.1 Å². The number of rotatable bonds is 8. The zero-order valence-electron chi connectivity index (χ0n) is 16.3. The number of benzene rings is 2. The fourth-order valence-electron chi connectivity index (χ4n) is 2.34. The molecule has 0 atom stereocenters. The number of primary amides is 1. The van der Waals surface area contributed by atoms with E-state index in [1.165, 1.54) is 12.1 Å². The first-order valence-corrected chi connectivity index (χ1v) is 8.96. The van der Waals surface area contributed by atoms with Crippen LogP contribution >= 0.6 is 24.0 Å². The van der Waals surface area contributed by atoms with Gasteiger partial charge in [-0.25, -0.2) is 4.99 Å². The van der Waals surface area contributed by atoms with E-state index in [9.17, 15) is 18.0 Å². The predicted molar refractivity (Wildman–Crippen MR) is 120 cm³/mol. The van der Waals surface area contributed by atoms with Crippen LogP contribution in [-0.4, -0.2) is 31.2 Å². The monoisotopic (exact) mass is 536 g/mol. The molecule has 2 aromatic rings. The number of alkyl halides is 3. The van der Waals surface area contributed by atoms with Crippen LogP contribution in [0, 0.1) is 0 Å². The Bertz CT molecular complexity index is 825. The second kappa shape index (κ2) is 12.3. The smallest absolute Gasteiger partial charge is 0.422 e. The molecule has 0 saturated heterocycles. The summed E-state index contributed by atoms with van der Waals surface area (Å²) in [4.78, 5) is 15.6. The lowest BCUT2D eigenvalue weighted by Gasteiger charge is -2.12. The van der Waals surface area contributed by atoms with Gasteiger partial charge in [-0.05, 0) is 42.3 Å². The van der Waals surface area contributed by atoms with Gasteiger partial charge in [-0.1, -0.05) is 24.3 Å². The Balaban J connectivity index is 0.00000450. The molecular formula is C20H24F3IN4O2. The maximum Gasteiger partial charge on any atom is 0.422 e. The van der Waals surface area contributed by atoms with Crippen molar-refractivity contribution in [2.45, 2.75) is 26.2 Å². The van der Waals surface area contributed by atoms with Gasteiger partial charge in [-0.2, -0.15) is 13.2 Å². The van der Waals surface area contributed by atoms with Gasteiger partial charge >= 0.3 is 6.18 Å². The first-order valence-electron chi connectivity index (χ1n) is 8.96. The predicted octanol–water partition coefficient (Wildman–Crippen LogP) is 3.60. The van der Waals surface area contributed by atoms with E-state index in [1.54, 1.807) is 36.4 Å². The van der Waals surface area contributed by atoms with Crippen molar-refractivity contribution in [2.24, 2.45) is 10.7 Å². The van der Waals surface area contributed by atoms with Crippen LogP contribution in [0.25, 0.3) is 0 Å². The van der Waals surface area contributed by atoms with Crippen molar-refractivity contribution in [1.82, 2.24) is 10.6 Å². The van der Waals surface area contributed by atoms with E-state index < -0.39 is 18.7 Å². The molecule has 0 bridgehead atoms. The summed E-state index contributed by atoms with van der Waals surface area (Å²) >= 11 is 0. The Kier molecular flexibility index (Phi) is 10.4. The first kappa shape index (κ1) is 25.5. The number of ether oxygens (including phenoxy) is 1. The first-order chi connectivity index (χ1) is 13.8. The number of nitrogens with two attached hydrogens (primary N) is 1. The maximum absolute atomic E-state index is 12.2. The molecule has 6 nitrogen and oxygen atoms in total. The van der Waals surface area contributed by atoms with Gasteiger partial charge in [-0.15, -0.1) is 24.0 Å². The zero-order valence-corrected chi connectivity index (χ0v) is 18.7. The van der Waals surface area contributed by atoms with Crippen molar-refractivity contribution < 1.29 is 22.7 Å². The van der Waals surface area contributed by atoms with Crippen LogP contribution in [0.4, 0.5) is 13.2 Å². The molecule has 1 amide bonds. The highest BCUT2D eigenvalue weighted by atomic mass is 127. The van der Waals surface area contributed by atoms with Gasteiger partial charge < -0.3 is 21.1 Å². The summed E-state index contributed by atoms with van der Waals surface area (Å²) in [6.45, 7) is 2.12. The lowest BCUT2D eigenvalue weighted by Crippen LogP contribution is -2.36. The van der Waals surface area contributed by atoms with Gasteiger partial charge in [0.1, 0.15) is 5.75 Å². The summed E-state index contributed by atoms with van der Waals surface area (Å²) in [6.07, 6.45) is -4.37. The topological polar surface area (TPSA) is 88.7 Å². The average Bonchev–Trinajstić information content (AvgIpc) is 2.69. The maximum atomic E-state index is 12.2. The van der Waals surface area contributed by atoms with E-state index in [0.29, 0.717) is 31.2 Å². The molecule has 30 heavy (non-hydrogen) atoms. The minimum atomic E-state index is -4.37. The van der Waals surface area contributed by atoms with Crippen LogP contribution in [0.2, 0.25) is 0 Å². The molecule has 0 unspecified atom stereocenters. The molecule has 4 N–H and O–H groups in total. The van der Waals surface area contributed by atoms with Crippen LogP contribution < -0.4 is 21.1 Å². The van der Waals surface area contributed by atoms with Gasteiger partial charge in [-0.3, -0.25) is 4.79 Å². The van der Waals surface area contributed by atoms with E-state index in [4.69, 9.17) is 5.73 Å². The number of carbonyl (C=O) groups is 1. The molecule has 164 valence electrons. The van der Waals surface area contributed by atoms with Crippen molar-refractivity contribution in [1.29, 1.82) is 0 Å². The van der Waals surface area contributed by atoms with Gasteiger partial charge in [0.25, 0.3) is 0 Å². The third kappa shape index (κ3) is 9.33. The highest BCUT2D eigenvalue weighted by molar-refractivity contribution is 14.0. The molecule has 0 aliphatic heterocycles. The van der Waals surface area contributed by atoms with Gasteiger partial charge in [0.2, 0.25) is 5.91 Å². The summed E-state index contributed by atoms with van der Waals surface area (Å²) in [7, 11) is 0. The Morgan fingerprint density at radius 2 is 1.63 bits per heavy atom. The van der Waals surface area contributed by atoms with Crippen LogP contribution in [0.5, 0.6) is 5.75 Å². The zero-order chi connectivity index (χ0) is 21.3. The summed E-state index contributed by atoms with van der Waals surface area (Å²) in [5.74, 6) is 0.262. The number of amides is 1. The Morgan fingerprint density at radius 1 is 1.03 bits per heavy atom. The van der Waals surface area contributed by atoms with E-state index in [-0.39, 0.29) is 29.7 Å². The number of nitrogens with one attached hydrogen (secondary N) is 2. The normalized spacial score (nSPS) is 11.4. The van der Waals surface area contributed by atoms with Gasteiger partial charge in [0.15, 0.2) is 12.6 Å². The number of carbonyl (C=O) groups excluding carboxylic acids is 1. The molecule has 0 aromatic heterocycles. The standard InChI is InChI=1S/C20H23F3N4O2.HI/c1-2-25-19(26-11-14-3-7-16(8-4-14)18(24)28)27-12-15-5-9-17(10-6-15)29-13-20(21,22)23;/h3-10H,2,11-13H2,1H3,(H2,24,28)(H2,25,26,27);1H. The van der Waals surface area contributed by atoms with Crippen molar-refractivity contribution >= 4 is 35.8 Å². The van der Waals surface area contributed by atoms with Crippen LogP contribution in [0.3, 0.4) is 0 Å². The molecule has 0 saturated carbocycles. The summed E-state index contributed by atoms with van der Waals surface area (Å²) in [6, 6.07) is 13.2. The van der Waals surface area contributed by atoms with E-state index in [2.05, 4.69) is 20.4 Å². The third-order valence-corrected chi connectivity index (χ3v) is 3.79. The van der Waals surface area contributed by atoms with Crippen molar-refractivity contribution in [3.05, 3.63) is 65.2 Å². The second-order valence-electron chi connectivity index (χ2n) is 6.16. The summed E-state index contributed by atoms with van der Waals surface area (Å²) in [5, 5.41) is 6.29. The largest absolute Gasteiger partial charge is 0.484 e. The van der Waals surface area contributed by atoms with Crippen molar-refractivity contribution in [3.8, 4) is 5.75 Å². The number of hydrogen-bond donors (Lipinski definition) is 3. The van der Waals surface area contributed by atoms with E-state index >= 15 is 0 Å². The lowest BCUT2D eigenvalue weighted by atomic mass is 10.1. The molecule has 0 heterocycles. The molecule has 0 spiro atoms. The summed E-state index contributed by atoms with van der Waals surface area (Å²) < 4.78 is 41.2. The quantitative estimate of drug-likeness (QED) is 0.274. The molecule has 2 rings (SSSR count). The fraction of sp³-hybridized carbons (Fsp3) is 0.300. The number of nitrogens with zero attached hydrogens (tertiary/aromatic N) is 1. The molecule has 10 heteroatoms.